The number of rotatable bonds is 5. The van der Waals surface area contributed by atoms with Crippen LogP contribution in [0.15, 0.2) is 0 Å². The van der Waals surface area contributed by atoms with E-state index < -0.39 is 0 Å². The summed E-state index contributed by atoms with van der Waals surface area (Å²) in [4.78, 5) is 15.8. The number of nitrogens with zero attached hydrogens (tertiary/aromatic N) is 6. The molecule has 6 nitrogen and oxygen atoms in total. The van der Waals surface area contributed by atoms with Crippen LogP contribution in [0.1, 0.15) is 401 Å². The number of hydrogen-bond donors (Lipinski definition) is 0. The molecule has 596 valence electrons. The van der Waals surface area contributed by atoms with Gasteiger partial charge in [-0.15, -0.1) is 0 Å². The summed E-state index contributed by atoms with van der Waals surface area (Å²) in [5.41, 5.74) is 6.71. The second-order valence-electron chi connectivity index (χ2n) is 46.3. The molecule has 0 bridgehead atoms. The molecule has 6 heterocycles. The van der Waals surface area contributed by atoms with Crippen LogP contribution in [0.3, 0.4) is 0 Å². The van der Waals surface area contributed by atoms with Gasteiger partial charge in [0.25, 0.3) is 0 Å². The van der Waals surface area contributed by atoms with Crippen LogP contribution in [0.25, 0.3) is 0 Å². The van der Waals surface area contributed by atoms with E-state index >= 15 is 0 Å². The van der Waals surface area contributed by atoms with Gasteiger partial charge in [0, 0.05) is 59.4 Å². The van der Waals surface area contributed by atoms with Crippen LogP contribution in [0.4, 0.5) is 0 Å². The van der Waals surface area contributed by atoms with E-state index in [1.165, 1.54) is 175 Å². The summed E-state index contributed by atoms with van der Waals surface area (Å²) in [5.74, 6) is 7.47. The van der Waals surface area contributed by atoms with E-state index in [-0.39, 0.29) is 0 Å². The first kappa shape index (κ1) is 98.8. The van der Waals surface area contributed by atoms with Crippen LogP contribution >= 0.6 is 0 Å². The van der Waals surface area contributed by atoms with E-state index in [0.717, 1.165) is 58.2 Å². The largest absolute Gasteiger partial charge is 0.298 e. The van der Waals surface area contributed by atoms with Crippen molar-refractivity contribution in [2.45, 2.75) is 434 Å². The maximum atomic E-state index is 2.65. The normalized spacial score (nSPS) is 23.5. The molecular formula is C93H194N6. The van der Waals surface area contributed by atoms with Crippen molar-refractivity contribution in [3.8, 4) is 0 Å². The van der Waals surface area contributed by atoms with E-state index in [4.69, 9.17) is 0 Å². The lowest BCUT2D eigenvalue weighted by molar-refractivity contribution is -0.150. The minimum atomic E-state index is 0.356. The zero-order valence-electron chi connectivity index (χ0n) is 77.4. The number of likely N-dealkylation sites (tertiary alicyclic amines) is 6. The molecule has 2 aliphatic carbocycles. The highest BCUT2D eigenvalue weighted by atomic mass is 15.3. The summed E-state index contributed by atoms with van der Waals surface area (Å²) in [7, 11) is 0. The minimum absolute atomic E-state index is 0.356. The molecule has 6 aliphatic heterocycles. The summed E-state index contributed by atoms with van der Waals surface area (Å²) in [6.07, 6.45) is 21.2. The Morgan fingerprint density at radius 2 is 0.505 bits per heavy atom. The molecule has 6 heteroatoms. The summed E-state index contributed by atoms with van der Waals surface area (Å²) >= 11 is 0. The van der Waals surface area contributed by atoms with E-state index in [0.29, 0.717) is 65.7 Å². The van der Waals surface area contributed by atoms with Crippen LogP contribution in [-0.2, 0) is 0 Å². The van der Waals surface area contributed by atoms with Gasteiger partial charge in [-0.05, 0) is 358 Å². The summed E-state index contributed by atoms with van der Waals surface area (Å²) in [6, 6.07) is 0. The molecule has 0 aromatic carbocycles. The van der Waals surface area contributed by atoms with Crippen LogP contribution in [0.2, 0.25) is 0 Å². The van der Waals surface area contributed by atoms with Gasteiger partial charge in [0.15, 0.2) is 0 Å². The third-order valence-corrected chi connectivity index (χ3v) is 25.3. The Morgan fingerprint density at radius 1 is 0.293 bits per heavy atom. The topological polar surface area (TPSA) is 19.4 Å². The molecule has 8 fully saturated rings. The van der Waals surface area contributed by atoms with Gasteiger partial charge in [0.1, 0.15) is 0 Å². The molecule has 2 saturated carbocycles. The van der Waals surface area contributed by atoms with Gasteiger partial charge < -0.3 is 0 Å². The van der Waals surface area contributed by atoms with Gasteiger partial charge in [-0.3, -0.25) is 29.4 Å². The monoisotopic (exact) mass is 1400 g/mol. The molecule has 99 heavy (non-hydrogen) atoms. The molecule has 2 unspecified atom stereocenters. The Hall–Kier alpha value is -0.240. The first-order valence-corrected chi connectivity index (χ1v) is 42.9. The SMILES string of the molecule is CC.CC.CC.CC(C)(C)C1CC2(C1)CN(C(C)(C)C)C2.CC(C)(C)C1CC2(C1)CN(C(C)(C)C)C2.CC(C)(C)CC1CCN(C(C)(C)C)CC1.CC(C)(C)CC1CCN(C(C)(C)C)CC1.CC(C1CCN(C(C)(C)C)CC1)C(C)(C)C.CCC(C1CCN(C(C)(C)C)CC1)C(C)(C)C. The van der Waals surface area contributed by atoms with Gasteiger partial charge in [-0.1, -0.05) is 186 Å². The summed E-state index contributed by atoms with van der Waals surface area (Å²) < 4.78 is 0. The zero-order chi connectivity index (χ0) is 78.2. The fraction of sp³-hybridized carbons (Fsp3) is 1.00. The Kier molecular flexibility index (Phi) is 39.1. The highest BCUT2D eigenvalue weighted by Crippen LogP contribution is 2.60. The lowest BCUT2D eigenvalue weighted by Gasteiger charge is -2.65. The van der Waals surface area contributed by atoms with Gasteiger partial charge in [-0.2, -0.15) is 0 Å². The molecule has 0 radical (unpaired) electrons. The first-order chi connectivity index (χ1) is 44.4. The van der Waals surface area contributed by atoms with Crippen molar-refractivity contribution < 1.29 is 0 Å². The Labute approximate surface area is 629 Å². The zero-order valence-corrected chi connectivity index (χ0v) is 77.4. The number of hydrogen-bond acceptors (Lipinski definition) is 6. The molecule has 8 rings (SSSR count). The predicted octanol–water partition coefficient (Wildman–Crippen LogP) is 26.8. The smallest absolute Gasteiger partial charge is 0.0125 e. The molecule has 0 N–H and O–H groups in total. The van der Waals surface area contributed by atoms with Gasteiger partial charge in [0.05, 0.1) is 0 Å². The van der Waals surface area contributed by atoms with Crippen molar-refractivity contribution in [2.24, 2.45) is 90.7 Å². The quantitative estimate of drug-likeness (QED) is 0.271. The van der Waals surface area contributed by atoms with Crippen molar-refractivity contribution in [2.75, 3.05) is 78.5 Å². The highest BCUT2D eigenvalue weighted by Gasteiger charge is 2.57. The fourth-order valence-corrected chi connectivity index (χ4v) is 17.9. The lowest BCUT2D eigenvalue weighted by atomic mass is 9.51. The Bertz CT molecular complexity index is 1910. The van der Waals surface area contributed by atoms with Crippen molar-refractivity contribution in [3.63, 3.8) is 0 Å². The molecule has 0 amide bonds. The second kappa shape index (κ2) is 39.2. The van der Waals surface area contributed by atoms with Crippen LogP contribution in [-0.4, -0.2) is 141 Å². The average Bonchev–Trinajstić information content (AvgIpc) is 0.732. The highest BCUT2D eigenvalue weighted by molar-refractivity contribution is 5.10. The van der Waals surface area contributed by atoms with Crippen molar-refractivity contribution in [3.05, 3.63) is 0 Å². The van der Waals surface area contributed by atoms with Gasteiger partial charge in [0.2, 0.25) is 0 Å². The van der Waals surface area contributed by atoms with Crippen molar-refractivity contribution >= 4 is 0 Å². The summed E-state index contributed by atoms with van der Waals surface area (Å²) in [6.45, 7) is 117. The third kappa shape index (κ3) is 35.1. The summed E-state index contributed by atoms with van der Waals surface area (Å²) in [5, 5.41) is 0. The van der Waals surface area contributed by atoms with E-state index in [1.807, 2.05) is 41.5 Å². The molecule has 0 aromatic heterocycles. The average molecular weight is 1400 g/mol. The second-order valence-corrected chi connectivity index (χ2v) is 46.3. The Balaban J connectivity index is 0.00000115. The molecule has 8 aliphatic rings. The van der Waals surface area contributed by atoms with Crippen LogP contribution < -0.4 is 0 Å². The minimum Gasteiger partial charge on any atom is -0.298 e. The van der Waals surface area contributed by atoms with E-state index in [9.17, 15) is 0 Å². The molecule has 0 aromatic rings. The first-order valence-electron chi connectivity index (χ1n) is 42.9. The van der Waals surface area contributed by atoms with E-state index in [1.54, 1.807) is 0 Å². The predicted molar refractivity (Wildman–Crippen MR) is 452 cm³/mol. The fourth-order valence-electron chi connectivity index (χ4n) is 17.9. The molecular weight excluding hydrogens is 1200 g/mol. The standard InChI is InChI=1S/C16H33N.C15H31N.2C14H27N.2C14H29N.3C2H6/c1-8-14(15(2,3)4)13-9-11-17(12-10-13)16(5,6)7;1-12(14(2,3)4)13-8-10-16(11-9-13)15(5,6)7;2*1-12(2,3)11-7-14(8-11)9-15(10-14)13(4,5)6;2*1-13(2,3)11-12-7-9-15(10-8-12)14(4,5)6;3*1-2/h13-14H,8-12H2,1-7H3;12-13H,8-11H2,1-7H3;2*11H,7-10H2,1-6H3;2*12H,7-11H2,1-6H3;3*1-2H3. The van der Waals surface area contributed by atoms with Crippen molar-refractivity contribution in [1.29, 1.82) is 0 Å². The van der Waals surface area contributed by atoms with Crippen molar-refractivity contribution in [1.82, 2.24) is 29.4 Å². The van der Waals surface area contributed by atoms with Crippen LogP contribution in [0.5, 0.6) is 0 Å². The van der Waals surface area contributed by atoms with E-state index in [2.05, 4.69) is 293 Å². The molecule has 2 atom stereocenters. The third-order valence-electron chi connectivity index (χ3n) is 25.3. The van der Waals surface area contributed by atoms with Crippen LogP contribution in [0, 0.1) is 90.7 Å². The molecule has 6 saturated heterocycles. The number of piperidine rings is 4. The van der Waals surface area contributed by atoms with Gasteiger partial charge in [-0.25, -0.2) is 0 Å². The lowest BCUT2D eigenvalue weighted by Crippen LogP contribution is -2.67. The maximum absolute atomic E-state index is 2.65. The Morgan fingerprint density at radius 3 is 0.677 bits per heavy atom. The molecule has 2 spiro atoms. The maximum Gasteiger partial charge on any atom is 0.0125 e. The van der Waals surface area contributed by atoms with Gasteiger partial charge >= 0.3 is 0 Å².